The van der Waals surface area contributed by atoms with E-state index in [4.69, 9.17) is 16.3 Å². The number of alkyl carbamates (subject to hydrolysis) is 1. The van der Waals surface area contributed by atoms with Gasteiger partial charge >= 0.3 is 6.09 Å². The maximum atomic E-state index is 12.2. The summed E-state index contributed by atoms with van der Waals surface area (Å²) in [6, 6.07) is 7.04. The highest BCUT2D eigenvalue weighted by Crippen LogP contribution is 2.40. The van der Waals surface area contributed by atoms with Gasteiger partial charge in [-0.05, 0) is 69.7 Å². The van der Waals surface area contributed by atoms with Crippen LogP contribution in [0.25, 0.3) is 5.57 Å². The molecule has 2 fully saturated rings. The quantitative estimate of drug-likeness (QED) is 0.803. The number of nitrogens with zero attached hydrogens (tertiary/aromatic N) is 1. The third kappa shape index (κ3) is 4.07. The molecule has 3 atom stereocenters. The van der Waals surface area contributed by atoms with E-state index in [0.717, 1.165) is 35.5 Å². The van der Waals surface area contributed by atoms with E-state index in [1.54, 1.807) is 0 Å². The number of allylic oxidation sites excluding steroid dienone is 1. The van der Waals surface area contributed by atoms with Gasteiger partial charge in [-0.15, -0.1) is 0 Å². The summed E-state index contributed by atoms with van der Waals surface area (Å²) in [7, 11) is 0. The van der Waals surface area contributed by atoms with Crippen LogP contribution in [0.15, 0.2) is 24.8 Å². The first kappa shape index (κ1) is 19.2. The van der Waals surface area contributed by atoms with Crippen LogP contribution < -0.4 is 5.32 Å². The summed E-state index contributed by atoms with van der Waals surface area (Å²) in [5.74, 6) is 0. The van der Waals surface area contributed by atoms with Crippen molar-refractivity contribution in [3.63, 3.8) is 0 Å². The van der Waals surface area contributed by atoms with Gasteiger partial charge in [0.2, 0.25) is 0 Å². The average molecular weight is 377 g/mol. The molecule has 0 aromatic heterocycles. The molecule has 142 valence electrons. The summed E-state index contributed by atoms with van der Waals surface area (Å²) in [4.78, 5) is 14.7. The minimum atomic E-state index is -0.474. The van der Waals surface area contributed by atoms with E-state index in [0.29, 0.717) is 12.1 Å². The van der Waals surface area contributed by atoms with Gasteiger partial charge in [-0.3, -0.25) is 4.90 Å². The molecule has 1 N–H and O–H groups in total. The first-order valence-corrected chi connectivity index (χ1v) is 9.72. The Labute approximate surface area is 161 Å². The number of hydrogen-bond donors (Lipinski definition) is 1. The molecule has 4 nitrogen and oxygen atoms in total. The highest BCUT2D eigenvalue weighted by molar-refractivity contribution is 6.32. The topological polar surface area (TPSA) is 41.6 Å². The van der Waals surface area contributed by atoms with Crippen LogP contribution in [0.4, 0.5) is 4.79 Å². The molecule has 1 amide bonds. The van der Waals surface area contributed by atoms with Crippen molar-refractivity contribution in [3.05, 3.63) is 40.9 Å². The Morgan fingerprint density at radius 3 is 2.77 bits per heavy atom. The van der Waals surface area contributed by atoms with Gasteiger partial charge in [0, 0.05) is 29.7 Å². The number of halogens is 1. The van der Waals surface area contributed by atoms with Crippen LogP contribution in [0.5, 0.6) is 0 Å². The Hall–Kier alpha value is -1.52. The molecule has 0 aliphatic carbocycles. The number of nitrogens with one attached hydrogen (secondary N) is 1. The minimum Gasteiger partial charge on any atom is -0.444 e. The number of carbonyl (C=O) groups excluding carboxylic acids is 1. The van der Waals surface area contributed by atoms with E-state index in [9.17, 15) is 4.79 Å². The first-order valence-electron chi connectivity index (χ1n) is 9.34. The van der Waals surface area contributed by atoms with E-state index < -0.39 is 5.60 Å². The molecule has 5 heteroatoms. The van der Waals surface area contributed by atoms with E-state index in [1.807, 2.05) is 39.8 Å². The highest BCUT2D eigenvalue weighted by Gasteiger charge is 2.47. The van der Waals surface area contributed by atoms with E-state index >= 15 is 0 Å². The summed E-state index contributed by atoms with van der Waals surface area (Å²) < 4.78 is 5.43. The second-order valence-corrected chi connectivity index (χ2v) is 8.92. The van der Waals surface area contributed by atoms with Crippen molar-refractivity contribution in [3.8, 4) is 0 Å². The molecule has 2 saturated heterocycles. The maximum absolute atomic E-state index is 12.2. The van der Waals surface area contributed by atoms with Crippen LogP contribution in [0.3, 0.4) is 0 Å². The van der Waals surface area contributed by atoms with Gasteiger partial charge in [-0.2, -0.15) is 0 Å². The third-order valence-corrected chi connectivity index (χ3v) is 5.58. The first-order chi connectivity index (χ1) is 12.2. The van der Waals surface area contributed by atoms with Crippen molar-refractivity contribution in [1.82, 2.24) is 10.2 Å². The van der Waals surface area contributed by atoms with Crippen LogP contribution >= 0.6 is 11.6 Å². The van der Waals surface area contributed by atoms with E-state index in [2.05, 4.69) is 22.9 Å². The molecule has 2 bridgehead atoms. The second-order valence-electron chi connectivity index (χ2n) is 8.51. The van der Waals surface area contributed by atoms with Gasteiger partial charge < -0.3 is 10.1 Å². The molecule has 0 saturated carbocycles. The molecule has 0 radical (unpaired) electrons. The summed E-state index contributed by atoms with van der Waals surface area (Å²) in [5, 5.41) is 3.84. The van der Waals surface area contributed by atoms with Gasteiger partial charge in [0.05, 0.1) is 0 Å². The number of hydrogen-bond acceptors (Lipinski definition) is 3. The maximum Gasteiger partial charge on any atom is 0.407 e. The smallest absolute Gasteiger partial charge is 0.407 e. The fraction of sp³-hybridized carbons (Fsp3) is 0.571. The van der Waals surface area contributed by atoms with Crippen LogP contribution in [0, 0.1) is 0 Å². The molecule has 2 heterocycles. The molecule has 0 spiro atoms. The van der Waals surface area contributed by atoms with Crippen LogP contribution in [0.2, 0.25) is 5.02 Å². The zero-order chi connectivity index (χ0) is 19.1. The Morgan fingerprint density at radius 1 is 1.38 bits per heavy atom. The van der Waals surface area contributed by atoms with Gasteiger partial charge in [0.1, 0.15) is 5.60 Å². The molecule has 2 aliphatic rings. The lowest BCUT2D eigenvalue weighted by Gasteiger charge is -2.27. The molecular weight excluding hydrogens is 348 g/mol. The van der Waals surface area contributed by atoms with Crippen LogP contribution in [0.1, 0.15) is 58.1 Å². The number of rotatable bonds is 4. The molecule has 2 aliphatic heterocycles. The molecule has 1 aromatic carbocycles. The van der Waals surface area contributed by atoms with Crippen molar-refractivity contribution < 1.29 is 9.53 Å². The van der Waals surface area contributed by atoms with Gasteiger partial charge in [0.15, 0.2) is 0 Å². The Balaban J connectivity index is 1.71. The predicted molar refractivity (Wildman–Crippen MR) is 106 cm³/mol. The number of fused-ring (bicyclic) bond motifs is 2. The molecule has 26 heavy (non-hydrogen) atoms. The monoisotopic (exact) mass is 376 g/mol. The normalized spacial score (nSPS) is 25.3. The number of benzene rings is 1. The van der Waals surface area contributed by atoms with Crippen LogP contribution in [-0.4, -0.2) is 34.7 Å². The largest absolute Gasteiger partial charge is 0.444 e. The number of ether oxygens (including phenoxy) is 1. The number of carbonyl (C=O) groups is 1. The van der Waals surface area contributed by atoms with Crippen molar-refractivity contribution in [1.29, 1.82) is 0 Å². The van der Waals surface area contributed by atoms with Crippen molar-refractivity contribution in [2.45, 2.75) is 77.2 Å². The fourth-order valence-corrected chi connectivity index (χ4v) is 4.69. The molecular formula is C21H29ClN2O2. The SMILES string of the molecule is C=C(C)c1c(Cl)cccc1CN1[C@@H]2CC[C@H]1[C@@H](NC(=O)OC(C)(C)C)C2. The summed E-state index contributed by atoms with van der Waals surface area (Å²) in [5.41, 5.74) is 2.77. The zero-order valence-corrected chi connectivity index (χ0v) is 16.9. The fourth-order valence-electron chi connectivity index (χ4n) is 4.34. The van der Waals surface area contributed by atoms with Gasteiger partial charge in [-0.25, -0.2) is 4.79 Å². The summed E-state index contributed by atoms with van der Waals surface area (Å²) >= 11 is 6.40. The van der Waals surface area contributed by atoms with Crippen LogP contribution in [-0.2, 0) is 11.3 Å². The van der Waals surface area contributed by atoms with Gasteiger partial charge in [0.25, 0.3) is 0 Å². The third-order valence-electron chi connectivity index (χ3n) is 5.26. The highest BCUT2D eigenvalue weighted by atomic mass is 35.5. The number of amides is 1. The Kier molecular flexibility index (Phi) is 5.36. The predicted octanol–water partition coefficient (Wildman–Crippen LogP) is 5.00. The lowest BCUT2D eigenvalue weighted by molar-refractivity contribution is 0.0491. The molecule has 3 rings (SSSR count). The van der Waals surface area contributed by atoms with E-state index in [1.165, 1.54) is 12.0 Å². The lowest BCUT2D eigenvalue weighted by Crippen LogP contribution is -2.45. The van der Waals surface area contributed by atoms with Gasteiger partial charge in [-0.1, -0.05) is 30.3 Å². The van der Waals surface area contributed by atoms with Crippen molar-refractivity contribution in [2.24, 2.45) is 0 Å². The Bertz CT molecular complexity index is 710. The lowest BCUT2D eigenvalue weighted by atomic mass is 9.96. The minimum absolute atomic E-state index is 0.149. The standard InChI is InChI=1S/C21H29ClN2O2/c1-13(2)19-14(7-6-8-16(19)22)12-24-15-9-10-18(24)17(11-15)23-20(25)26-21(3,4)5/h6-8,15,17-18H,1,9-12H2,2-5H3,(H,23,25)/t15-,17+,18+/m1/s1. The Morgan fingerprint density at radius 2 is 2.12 bits per heavy atom. The van der Waals surface area contributed by atoms with Crippen molar-refractivity contribution >= 4 is 23.3 Å². The summed E-state index contributed by atoms with van der Waals surface area (Å²) in [6.07, 6.45) is 2.95. The average Bonchev–Trinajstić information content (AvgIpc) is 3.01. The zero-order valence-electron chi connectivity index (χ0n) is 16.1. The van der Waals surface area contributed by atoms with E-state index in [-0.39, 0.29) is 12.1 Å². The second kappa shape index (κ2) is 7.24. The van der Waals surface area contributed by atoms with Crippen molar-refractivity contribution in [2.75, 3.05) is 0 Å². The molecule has 1 aromatic rings. The molecule has 0 unspecified atom stereocenters. The summed E-state index contributed by atoms with van der Waals surface area (Å²) in [6.45, 7) is 12.6.